The molecule has 0 atom stereocenters. The van der Waals surface area contributed by atoms with Crippen LogP contribution in [-0.2, 0) is 17.1 Å². The van der Waals surface area contributed by atoms with Crippen LogP contribution in [0.5, 0.6) is 0 Å². The largest absolute Gasteiger partial charge is 0.345 e. The Balaban J connectivity index is 1.46. The molecule has 0 saturated carbocycles. The van der Waals surface area contributed by atoms with Gasteiger partial charge >= 0.3 is 0 Å². The lowest BCUT2D eigenvalue weighted by Gasteiger charge is -2.34. The second kappa shape index (κ2) is 8.11. The predicted octanol–water partition coefficient (Wildman–Crippen LogP) is 0.952. The first-order chi connectivity index (χ1) is 14.0. The van der Waals surface area contributed by atoms with E-state index in [1.54, 1.807) is 41.2 Å². The highest BCUT2D eigenvalue weighted by molar-refractivity contribution is 7.89. The molecule has 0 aromatic carbocycles. The molecule has 0 bridgehead atoms. The van der Waals surface area contributed by atoms with Crippen LogP contribution in [0.25, 0.3) is 0 Å². The van der Waals surface area contributed by atoms with Crippen molar-refractivity contribution in [2.24, 2.45) is 7.05 Å². The van der Waals surface area contributed by atoms with Crippen LogP contribution in [0.3, 0.4) is 0 Å². The monoisotopic (exact) mass is 418 g/mol. The molecule has 0 unspecified atom stereocenters. The average molecular weight is 419 g/mol. The van der Waals surface area contributed by atoms with E-state index in [0.29, 0.717) is 50.9 Å². The topological polar surface area (TPSA) is 91.6 Å². The van der Waals surface area contributed by atoms with Crippen molar-refractivity contribution >= 4 is 21.9 Å². The summed E-state index contributed by atoms with van der Waals surface area (Å²) >= 11 is 0. The van der Waals surface area contributed by atoms with E-state index in [4.69, 9.17) is 0 Å². The van der Waals surface area contributed by atoms with E-state index in [-0.39, 0.29) is 10.8 Å². The highest BCUT2D eigenvalue weighted by Gasteiger charge is 2.30. The second-order valence-electron chi connectivity index (χ2n) is 7.46. The molecule has 0 N–H and O–H groups in total. The molecule has 156 valence electrons. The summed E-state index contributed by atoms with van der Waals surface area (Å²) in [5.74, 6) is 0.509. The summed E-state index contributed by atoms with van der Waals surface area (Å²) in [6.45, 7) is 3.44. The standard InChI is InChI=1S/C19H26N6O3S/c1-22-15-16(29(27,28)25-8-3-2-4-9-25)14-17(22)18(26)23-10-12-24(13-11-23)19-20-6-5-7-21-19/h5-7,14-15H,2-4,8-13H2,1H3. The Kier molecular flexibility index (Phi) is 5.55. The summed E-state index contributed by atoms with van der Waals surface area (Å²) in [5.41, 5.74) is 0.394. The van der Waals surface area contributed by atoms with Gasteiger partial charge in [-0.15, -0.1) is 0 Å². The molecule has 2 aliphatic rings. The van der Waals surface area contributed by atoms with E-state index in [1.165, 1.54) is 10.4 Å². The van der Waals surface area contributed by atoms with Crippen molar-refractivity contribution in [1.82, 2.24) is 23.7 Å². The number of piperazine rings is 1. The van der Waals surface area contributed by atoms with Crippen LogP contribution in [0.1, 0.15) is 29.8 Å². The zero-order valence-electron chi connectivity index (χ0n) is 16.6. The van der Waals surface area contributed by atoms with Gasteiger partial charge in [0.25, 0.3) is 5.91 Å². The third-order valence-electron chi connectivity index (χ3n) is 5.55. The Morgan fingerprint density at radius 3 is 2.28 bits per heavy atom. The van der Waals surface area contributed by atoms with Gasteiger partial charge in [-0.1, -0.05) is 6.42 Å². The maximum absolute atomic E-state index is 13.0. The van der Waals surface area contributed by atoms with Gasteiger partial charge in [-0.25, -0.2) is 18.4 Å². The van der Waals surface area contributed by atoms with E-state index in [0.717, 1.165) is 19.3 Å². The molecule has 2 aliphatic heterocycles. The molecule has 1 amide bonds. The summed E-state index contributed by atoms with van der Waals surface area (Å²) < 4.78 is 29.0. The third-order valence-corrected chi connectivity index (χ3v) is 7.42. The molecule has 0 spiro atoms. The van der Waals surface area contributed by atoms with Crippen molar-refractivity contribution in [3.8, 4) is 0 Å². The quantitative estimate of drug-likeness (QED) is 0.734. The summed E-state index contributed by atoms with van der Waals surface area (Å²) in [6.07, 6.45) is 7.78. The van der Waals surface area contributed by atoms with Crippen LogP contribution in [-0.4, -0.2) is 77.3 Å². The maximum atomic E-state index is 13.0. The minimum Gasteiger partial charge on any atom is -0.345 e. The maximum Gasteiger partial charge on any atom is 0.270 e. The van der Waals surface area contributed by atoms with Gasteiger partial charge < -0.3 is 14.4 Å². The van der Waals surface area contributed by atoms with Crippen molar-refractivity contribution in [3.05, 3.63) is 36.4 Å². The number of carbonyl (C=O) groups is 1. The second-order valence-corrected chi connectivity index (χ2v) is 9.40. The van der Waals surface area contributed by atoms with Gasteiger partial charge in [-0.3, -0.25) is 4.79 Å². The Morgan fingerprint density at radius 2 is 1.62 bits per heavy atom. The van der Waals surface area contributed by atoms with Crippen LogP contribution < -0.4 is 4.90 Å². The van der Waals surface area contributed by atoms with E-state index >= 15 is 0 Å². The molecular formula is C19H26N6O3S. The minimum absolute atomic E-state index is 0.152. The van der Waals surface area contributed by atoms with Crippen molar-refractivity contribution in [1.29, 1.82) is 0 Å². The number of hydrogen-bond acceptors (Lipinski definition) is 6. The molecule has 0 aliphatic carbocycles. The van der Waals surface area contributed by atoms with Gasteiger partial charge in [-0.2, -0.15) is 4.31 Å². The van der Waals surface area contributed by atoms with E-state index in [9.17, 15) is 13.2 Å². The highest BCUT2D eigenvalue weighted by Crippen LogP contribution is 2.23. The van der Waals surface area contributed by atoms with Gasteiger partial charge in [0.2, 0.25) is 16.0 Å². The number of rotatable bonds is 4. The fourth-order valence-electron chi connectivity index (χ4n) is 3.87. The Hall–Kier alpha value is -2.46. The molecule has 9 nitrogen and oxygen atoms in total. The van der Waals surface area contributed by atoms with Gasteiger partial charge in [0, 0.05) is 64.9 Å². The van der Waals surface area contributed by atoms with Crippen LogP contribution in [0.15, 0.2) is 35.6 Å². The van der Waals surface area contributed by atoms with Crippen molar-refractivity contribution in [2.75, 3.05) is 44.2 Å². The number of aromatic nitrogens is 3. The lowest BCUT2D eigenvalue weighted by molar-refractivity contribution is 0.0736. The van der Waals surface area contributed by atoms with Gasteiger partial charge in [0.1, 0.15) is 10.6 Å². The normalized spacial score (nSPS) is 18.8. The fourth-order valence-corrected chi connectivity index (χ4v) is 5.46. The van der Waals surface area contributed by atoms with Crippen molar-refractivity contribution in [3.63, 3.8) is 0 Å². The lowest BCUT2D eigenvalue weighted by Crippen LogP contribution is -2.49. The summed E-state index contributed by atoms with van der Waals surface area (Å²) in [4.78, 5) is 25.5. The Labute approximate surface area is 171 Å². The van der Waals surface area contributed by atoms with E-state index in [1.807, 2.05) is 4.90 Å². The van der Waals surface area contributed by atoms with Crippen molar-refractivity contribution < 1.29 is 13.2 Å². The van der Waals surface area contributed by atoms with E-state index < -0.39 is 10.0 Å². The summed E-state index contributed by atoms with van der Waals surface area (Å²) in [5, 5.41) is 0. The molecule has 10 heteroatoms. The van der Waals surface area contributed by atoms with Gasteiger partial charge in [0.05, 0.1) is 0 Å². The Morgan fingerprint density at radius 1 is 0.966 bits per heavy atom. The first-order valence-corrected chi connectivity index (χ1v) is 11.4. The molecule has 0 radical (unpaired) electrons. The first-order valence-electron chi connectivity index (χ1n) is 9.94. The van der Waals surface area contributed by atoms with Crippen LogP contribution in [0, 0.1) is 0 Å². The third kappa shape index (κ3) is 3.99. The SMILES string of the molecule is Cn1cc(S(=O)(=O)N2CCCCC2)cc1C(=O)N1CCN(c2ncccn2)CC1. The number of amides is 1. The molecule has 4 rings (SSSR count). The molecule has 2 saturated heterocycles. The number of anilines is 1. The number of sulfonamides is 1. The number of piperidine rings is 1. The number of nitrogens with zero attached hydrogens (tertiary/aromatic N) is 6. The number of hydrogen-bond donors (Lipinski definition) is 0. The number of aryl methyl sites for hydroxylation is 1. The zero-order chi connectivity index (χ0) is 20.4. The molecular weight excluding hydrogens is 392 g/mol. The Bertz CT molecular complexity index is 961. The molecule has 29 heavy (non-hydrogen) atoms. The van der Waals surface area contributed by atoms with Gasteiger partial charge in [0.15, 0.2) is 0 Å². The fraction of sp³-hybridized carbons (Fsp3) is 0.526. The van der Waals surface area contributed by atoms with Crippen LogP contribution in [0.4, 0.5) is 5.95 Å². The first kappa shape index (κ1) is 19.8. The molecule has 2 fully saturated rings. The predicted molar refractivity (Wildman–Crippen MR) is 108 cm³/mol. The zero-order valence-corrected chi connectivity index (χ0v) is 17.4. The lowest BCUT2D eigenvalue weighted by atomic mass is 10.2. The average Bonchev–Trinajstić information content (AvgIpc) is 3.17. The summed E-state index contributed by atoms with van der Waals surface area (Å²) in [7, 11) is -1.84. The number of carbonyl (C=O) groups excluding carboxylic acids is 1. The minimum atomic E-state index is -3.56. The van der Waals surface area contributed by atoms with E-state index in [2.05, 4.69) is 9.97 Å². The molecule has 2 aromatic heterocycles. The van der Waals surface area contributed by atoms with Crippen LogP contribution in [0.2, 0.25) is 0 Å². The smallest absolute Gasteiger partial charge is 0.270 e. The molecule has 4 heterocycles. The molecule has 2 aromatic rings. The van der Waals surface area contributed by atoms with Crippen molar-refractivity contribution in [2.45, 2.75) is 24.2 Å². The van der Waals surface area contributed by atoms with Gasteiger partial charge in [-0.05, 0) is 25.0 Å². The summed E-state index contributed by atoms with van der Waals surface area (Å²) in [6, 6.07) is 3.28. The van der Waals surface area contributed by atoms with Crippen LogP contribution >= 0.6 is 0 Å². The highest BCUT2D eigenvalue weighted by atomic mass is 32.2.